The number of rotatable bonds is 2. The lowest BCUT2D eigenvalue weighted by atomic mass is 9.97. The molecule has 106 valence electrons. The van der Waals surface area contributed by atoms with Crippen LogP contribution in [-0.2, 0) is 9.53 Å². The molecule has 1 heterocycles. The van der Waals surface area contributed by atoms with Crippen molar-refractivity contribution in [3.05, 3.63) is 0 Å². The van der Waals surface area contributed by atoms with Crippen LogP contribution in [0.15, 0.2) is 0 Å². The van der Waals surface area contributed by atoms with Gasteiger partial charge in [-0.3, -0.25) is 4.79 Å². The Hall–Kier alpha value is -0.940. The van der Waals surface area contributed by atoms with Gasteiger partial charge < -0.3 is 30.5 Å². The van der Waals surface area contributed by atoms with Crippen LogP contribution in [0.2, 0.25) is 0 Å². The summed E-state index contributed by atoms with van der Waals surface area (Å²) in [5, 5.41) is 38.1. The van der Waals surface area contributed by atoms with Crippen LogP contribution in [0.4, 0.5) is 13.2 Å². The van der Waals surface area contributed by atoms with Gasteiger partial charge in [0.15, 0.2) is 6.29 Å². The number of aliphatic hydroxyl groups excluding tert-OH is 4. The van der Waals surface area contributed by atoms with E-state index in [1.807, 2.05) is 0 Å². The fourth-order valence-corrected chi connectivity index (χ4v) is 1.49. The summed E-state index contributed by atoms with van der Waals surface area (Å²) in [6.07, 6.45) is -12.2. The quantitative estimate of drug-likeness (QED) is 0.379. The second kappa shape index (κ2) is 5.36. The Morgan fingerprint density at radius 3 is 2.22 bits per heavy atom. The van der Waals surface area contributed by atoms with Gasteiger partial charge in [0, 0.05) is 0 Å². The molecule has 10 heteroatoms. The Balaban J connectivity index is 2.74. The highest BCUT2D eigenvalue weighted by molar-refractivity contribution is 5.82. The van der Waals surface area contributed by atoms with E-state index in [0.29, 0.717) is 0 Å². The van der Waals surface area contributed by atoms with Crippen molar-refractivity contribution in [3.8, 4) is 0 Å². The van der Waals surface area contributed by atoms with Crippen molar-refractivity contribution >= 4 is 5.91 Å². The molecule has 0 spiro atoms. The first-order valence-electron chi connectivity index (χ1n) is 4.86. The van der Waals surface area contributed by atoms with Gasteiger partial charge in [-0.2, -0.15) is 13.2 Å². The van der Waals surface area contributed by atoms with Crippen LogP contribution in [0.25, 0.3) is 0 Å². The monoisotopic (exact) mass is 275 g/mol. The number of nitrogens with one attached hydrogen (secondary N) is 1. The zero-order valence-electron chi connectivity index (χ0n) is 8.83. The van der Waals surface area contributed by atoms with Crippen molar-refractivity contribution in [1.29, 1.82) is 0 Å². The van der Waals surface area contributed by atoms with Gasteiger partial charge >= 0.3 is 12.1 Å². The maximum absolute atomic E-state index is 12.0. The van der Waals surface area contributed by atoms with Crippen molar-refractivity contribution in [2.24, 2.45) is 0 Å². The molecule has 7 nitrogen and oxygen atoms in total. The zero-order chi connectivity index (χ0) is 14.1. The molecule has 18 heavy (non-hydrogen) atoms. The van der Waals surface area contributed by atoms with Gasteiger partial charge in [-0.1, -0.05) is 0 Å². The van der Waals surface area contributed by atoms with Gasteiger partial charge in [-0.25, -0.2) is 0 Å². The molecule has 1 saturated heterocycles. The summed E-state index contributed by atoms with van der Waals surface area (Å²) in [5.74, 6) is -2.39. The lowest BCUT2D eigenvalue weighted by Crippen LogP contribution is -2.65. The van der Waals surface area contributed by atoms with Gasteiger partial charge in [-0.15, -0.1) is 0 Å². The number of ether oxygens (including phenoxy) is 1. The second-order valence-corrected chi connectivity index (χ2v) is 3.73. The molecule has 1 rings (SSSR count). The molecular formula is C8H12F3NO6. The van der Waals surface area contributed by atoms with Crippen LogP contribution in [0.3, 0.4) is 0 Å². The molecular weight excluding hydrogens is 263 g/mol. The van der Waals surface area contributed by atoms with E-state index in [0.717, 1.165) is 0 Å². The molecule has 1 fully saturated rings. The molecule has 1 aliphatic rings. The molecule has 5 atom stereocenters. The van der Waals surface area contributed by atoms with Gasteiger partial charge in [-0.05, 0) is 0 Å². The predicted molar refractivity (Wildman–Crippen MR) is 48.0 cm³/mol. The molecule has 0 saturated carbocycles. The first kappa shape index (κ1) is 15.1. The van der Waals surface area contributed by atoms with Crippen molar-refractivity contribution in [2.75, 3.05) is 6.61 Å². The Bertz CT molecular complexity index is 312. The average molecular weight is 275 g/mol. The summed E-state index contributed by atoms with van der Waals surface area (Å²) < 4.78 is 40.5. The highest BCUT2D eigenvalue weighted by Gasteiger charge is 2.48. The number of hydrogen-bond acceptors (Lipinski definition) is 6. The maximum atomic E-state index is 12.0. The average Bonchev–Trinajstić information content (AvgIpc) is 2.27. The third kappa shape index (κ3) is 3.09. The van der Waals surface area contributed by atoms with Gasteiger partial charge in [0.2, 0.25) is 0 Å². The molecule has 1 amide bonds. The van der Waals surface area contributed by atoms with Gasteiger partial charge in [0.25, 0.3) is 0 Å². The van der Waals surface area contributed by atoms with Crippen molar-refractivity contribution in [1.82, 2.24) is 5.32 Å². The number of amides is 1. The number of carbonyl (C=O) groups is 1. The Morgan fingerprint density at radius 1 is 1.22 bits per heavy atom. The van der Waals surface area contributed by atoms with Crippen LogP contribution < -0.4 is 5.32 Å². The molecule has 0 aliphatic carbocycles. The van der Waals surface area contributed by atoms with E-state index in [-0.39, 0.29) is 0 Å². The standard InChI is InChI=1S/C8H12F3NO6/c9-8(10,11)7(17)12-3-5(15)4(14)2(1-13)18-6(3)16/h2-6,13-16H,1H2,(H,12,17)/t2-,3+,4+,5-,6-/m1/s1. The lowest BCUT2D eigenvalue weighted by molar-refractivity contribution is -0.256. The maximum Gasteiger partial charge on any atom is 0.471 e. The van der Waals surface area contributed by atoms with E-state index in [2.05, 4.69) is 4.74 Å². The number of aliphatic hydroxyl groups is 4. The fourth-order valence-electron chi connectivity index (χ4n) is 1.49. The molecule has 0 radical (unpaired) electrons. The van der Waals surface area contributed by atoms with Gasteiger partial charge in [0.1, 0.15) is 24.4 Å². The fraction of sp³-hybridized carbons (Fsp3) is 0.875. The van der Waals surface area contributed by atoms with Crippen LogP contribution in [0.1, 0.15) is 0 Å². The number of carbonyl (C=O) groups excluding carboxylic acids is 1. The molecule has 0 bridgehead atoms. The first-order chi connectivity index (χ1) is 8.18. The van der Waals surface area contributed by atoms with Crippen molar-refractivity contribution in [3.63, 3.8) is 0 Å². The smallest absolute Gasteiger partial charge is 0.394 e. The number of alkyl halides is 3. The largest absolute Gasteiger partial charge is 0.471 e. The second-order valence-electron chi connectivity index (χ2n) is 3.73. The normalized spacial score (nSPS) is 37.4. The predicted octanol–water partition coefficient (Wildman–Crippen LogP) is -2.54. The third-order valence-electron chi connectivity index (χ3n) is 2.46. The molecule has 0 unspecified atom stereocenters. The Labute approximate surface area is 98.8 Å². The summed E-state index contributed by atoms with van der Waals surface area (Å²) in [6, 6.07) is -1.85. The lowest BCUT2D eigenvalue weighted by Gasteiger charge is -2.40. The summed E-state index contributed by atoms with van der Waals surface area (Å²) in [6.45, 7) is -0.755. The molecule has 0 aromatic carbocycles. The Morgan fingerprint density at radius 2 is 1.78 bits per heavy atom. The minimum atomic E-state index is -5.20. The minimum Gasteiger partial charge on any atom is -0.394 e. The topological polar surface area (TPSA) is 119 Å². The SMILES string of the molecule is O=C(N[C@H]1[C@@H](O)[C@@H](O)[C@@H](CO)O[C@H]1O)C(F)(F)F. The van der Waals surface area contributed by atoms with Gasteiger partial charge in [0.05, 0.1) is 6.61 Å². The van der Waals surface area contributed by atoms with Crippen LogP contribution in [-0.4, -0.2) is 69.8 Å². The van der Waals surface area contributed by atoms with E-state index < -0.39 is 49.3 Å². The molecule has 0 aromatic heterocycles. The molecule has 0 aromatic rings. The van der Waals surface area contributed by atoms with E-state index in [1.165, 1.54) is 5.32 Å². The van der Waals surface area contributed by atoms with E-state index in [9.17, 15) is 33.3 Å². The van der Waals surface area contributed by atoms with E-state index >= 15 is 0 Å². The molecule has 1 aliphatic heterocycles. The Kier molecular flexibility index (Phi) is 4.50. The van der Waals surface area contributed by atoms with Crippen LogP contribution >= 0.6 is 0 Å². The molecule has 5 N–H and O–H groups in total. The van der Waals surface area contributed by atoms with Crippen molar-refractivity contribution < 1.29 is 43.1 Å². The zero-order valence-corrected chi connectivity index (χ0v) is 8.83. The van der Waals surface area contributed by atoms with Crippen LogP contribution in [0, 0.1) is 0 Å². The first-order valence-corrected chi connectivity index (χ1v) is 4.86. The van der Waals surface area contributed by atoms with E-state index in [4.69, 9.17) is 5.11 Å². The van der Waals surface area contributed by atoms with E-state index in [1.54, 1.807) is 0 Å². The number of hydrogen-bond donors (Lipinski definition) is 5. The van der Waals surface area contributed by atoms with Crippen molar-refractivity contribution in [2.45, 2.75) is 36.8 Å². The summed E-state index contributed by atoms with van der Waals surface area (Å²) in [4.78, 5) is 10.6. The minimum absolute atomic E-state index is 0.755. The summed E-state index contributed by atoms with van der Waals surface area (Å²) >= 11 is 0. The highest BCUT2D eigenvalue weighted by Crippen LogP contribution is 2.21. The summed E-state index contributed by atoms with van der Waals surface area (Å²) in [5.41, 5.74) is 0. The third-order valence-corrected chi connectivity index (χ3v) is 2.46. The highest BCUT2D eigenvalue weighted by atomic mass is 19.4. The summed E-state index contributed by atoms with van der Waals surface area (Å²) in [7, 11) is 0. The van der Waals surface area contributed by atoms with Crippen LogP contribution in [0.5, 0.6) is 0 Å². The number of halogens is 3.